The highest BCUT2D eigenvalue weighted by atomic mass is 32.2. The van der Waals surface area contributed by atoms with Gasteiger partial charge < -0.3 is 19.7 Å². The predicted molar refractivity (Wildman–Crippen MR) is 155 cm³/mol. The van der Waals surface area contributed by atoms with Gasteiger partial charge in [-0.2, -0.15) is 4.98 Å². The Kier molecular flexibility index (Phi) is 7.40. The van der Waals surface area contributed by atoms with Gasteiger partial charge in [-0.1, -0.05) is 24.3 Å². The quantitative estimate of drug-likeness (QED) is 0.347. The molecule has 1 N–H and O–H groups in total. The van der Waals surface area contributed by atoms with Gasteiger partial charge in [0.15, 0.2) is 9.84 Å². The van der Waals surface area contributed by atoms with Crippen molar-refractivity contribution in [3.8, 4) is 0 Å². The average molecular weight is 533 g/mol. The van der Waals surface area contributed by atoms with Crippen LogP contribution in [0.1, 0.15) is 36.1 Å². The Hall–Kier alpha value is -3.43. The van der Waals surface area contributed by atoms with Crippen LogP contribution in [0.15, 0.2) is 67.0 Å². The minimum Gasteiger partial charge on any atom is -0.371 e. The van der Waals surface area contributed by atoms with Crippen LogP contribution in [-0.4, -0.2) is 67.3 Å². The summed E-state index contributed by atoms with van der Waals surface area (Å²) in [6.45, 7) is 4.40. The smallest absolute Gasteiger partial charge is 0.229 e. The third-order valence-electron chi connectivity index (χ3n) is 7.66. The molecule has 38 heavy (non-hydrogen) atoms. The van der Waals surface area contributed by atoms with Gasteiger partial charge in [0.05, 0.1) is 5.25 Å². The van der Waals surface area contributed by atoms with Crippen LogP contribution in [0.5, 0.6) is 0 Å². The average Bonchev–Trinajstić information content (AvgIpc) is 3.30. The predicted octanol–water partition coefficient (Wildman–Crippen LogP) is 4.86. The number of aromatic nitrogens is 3. The normalized spacial score (nSPS) is 15.8. The van der Waals surface area contributed by atoms with Crippen LogP contribution in [0.25, 0.3) is 11.0 Å². The first-order chi connectivity index (χ1) is 18.2. The van der Waals surface area contributed by atoms with E-state index in [9.17, 15) is 8.42 Å². The van der Waals surface area contributed by atoms with Crippen LogP contribution in [-0.2, 0) is 16.4 Å². The monoisotopic (exact) mass is 532 g/mol. The minimum atomic E-state index is -3.21. The molecule has 0 radical (unpaired) electrons. The van der Waals surface area contributed by atoms with E-state index in [1.807, 2.05) is 47.3 Å². The maximum atomic E-state index is 12.2. The van der Waals surface area contributed by atoms with Crippen LogP contribution in [0.2, 0.25) is 0 Å². The molecule has 0 saturated carbocycles. The van der Waals surface area contributed by atoms with Crippen molar-refractivity contribution in [3.63, 3.8) is 0 Å². The zero-order valence-electron chi connectivity index (χ0n) is 22.5. The number of nitrogens with one attached hydrogen (secondary N) is 1. The molecule has 0 bridgehead atoms. The third-order valence-corrected chi connectivity index (χ3v) is 9.20. The number of anilines is 3. The molecular formula is C29H36N6O2S. The van der Waals surface area contributed by atoms with E-state index in [4.69, 9.17) is 4.98 Å². The standard InChI is InChI=1S/C29H36N6O2S/c1-21(38(4,36)37)27-8-6-5-7-23(27)20-35-16-13-22-19-30-29(32-28(22)35)31-24-9-11-26(12-10-24)34-17-14-25(15-18-34)33(2)3/h5-13,16,19,21,25H,14-15,17-18,20H2,1-4H3,(H,30,31,32). The summed E-state index contributed by atoms with van der Waals surface area (Å²) in [5, 5.41) is 3.70. The van der Waals surface area contributed by atoms with Gasteiger partial charge in [-0.05, 0) is 75.3 Å². The lowest BCUT2D eigenvalue weighted by Gasteiger charge is -2.36. The van der Waals surface area contributed by atoms with Gasteiger partial charge in [-0.3, -0.25) is 0 Å². The van der Waals surface area contributed by atoms with Crippen LogP contribution >= 0.6 is 0 Å². The molecule has 4 aromatic rings. The van der Waals surface area contributed by atoms with Crippen LogP contribution in [0.3, 0.4) is 0 Å². The number of piperidine rings is 1. The highest BCUT2D eigenvalue weighted by Gasteiger charge is 2.22. The fourth-order valence-corrected chi connectivity index (χ4v) is 5.86. The molecule has 2 aromatic carbocycles. The Morgan fingerprint density at radius 3 is 2.45 bits per heavy atom. The van der Waals surface area contributed by atoms with E-state index in [-0.39, 0.29) is 0 Å². The van der Waals surface area contributed by atoms with Gasteiger partial charge in [0.2, 0.25) is 5.95 Å². The first-order valence-electron chi connectivity index (χ1n) is 13.1. The van der Waals surface area contributed by atoms with Crippen LogP contribution in [0.4, 0.5) is 17.3 Å². The maximum absolute atomic E-state index is 12.2. The highest BCUT2D eigenvalue weighted by Crippen LogP contribution is 2.27. The van der Waals surface area contributed by atoms with Crippen molar-refractivity contribution in [2.75, 3.05) is 43.7 Å². The molecule has 0 spiro atoms. The maximum Gasteiger partial charge on any atom is 0.229 e. The zero-order chi connectivity index (χ0) is 26.9. The van der Waals surface area contributed by atoms with Gasteiger partial charge in [0.25, 0.3) is 0 Å². The summed E-state index contributed by atoms with van der Waals surface area (Å²) in [6, 6.07) is 18.8. The molecule has 1 aliphatic rings. The van der Waals surface area contributed by atoms with Gasteiger partial charge in [-0.15, -0.1) is 0 Å². The molecule has 5 rings (SSSR count). The van der Waals surface area contributed by atoms with Crippen molar-refractivity contribution >= 4 is 38.2 Å². The van der Waals surface area contributed by atoms with Crippen molar-refractivity contribution in [2.24, 2.45) is 0 Å². The summed E-state index contributed by atoms with van der Waals surface area (Å²) < 4.78 is 26.5. The summed E-state index contributed by atoms with van der Waals surface area (Å²) in [5.74, 6) is 0.523. The number of fused-ring (bicyclic) bond motifs is 1. The van der Waals surface area contributed by atoms with Gasteiger partial charge >= 0.3 is 0 Å². The molecule has 2 aromatic heterocycles. The first kappa shape index (κ1) is 26.2. The molecule has 0 amide bonds. The second-order valence-corrected chi connectivity index (χ2v) is 12.8. The lowest BCUT2D eigenvalue weighted by Crippen LogP contribution is -2.41. The van der Waals surface area contributed by atoms with E-state index in [0.717, 1.165) is 40.9 Å². The van der Waals surface area contributed by atoms with E-state index in [1.54, 1.807) is 6.92 Å². The molecule has 1 atom stereocenters. The van der Waals surface area contributed by atoms with Crippen molar-refractivity contribution in [3.05, 3.63) is 78.1 Å². The van der Waals surface area contributed by atoms with E-state index in [2.05, 4.69) is 58.5 Å². The minimum absolute atomic E-state index is 0.523. The molecule has 8 nitrogen and oxygen atoms in total. The van der Waals surface area contributed by atoms with Crippen LogP contribution < -0.4 is 10.2 Å². The lowest BCUT2D eigenvalue weighted by molar-refractivity contribution is 0.249. The Morgan fingerprint density at radius 1 is 1.05 bits per heavy atom. The number of sulfone groups is 1. The van der Waals surface area contributed by atoms with Crippen molar-refractivity contribution in [2.45, 2.75) is 37.6 Å². The molecule has 0 aliphatic carbocycles. The molecule has 200 valence electrons. The number of benzene rings is 2. The zero-order valence-corrected chi connectivity index (χ0v) is 23.3. The van der Waals surface area contributed by atoms with Gasteiger partial charge in [0.1, 0.15) is 5.65 Å². The Bertz CT molecular complexity index is 1510. The highest BCUT2D eigenvalue weighted by molar-refractivity contribution is 7.90. The van der Waals surface area contributed by atoms with Crippen molar-refractivity contribution < 1.29 is 8.42 Å². The molecule has 1 aliphatic heterocycles. The molecule has 3 heterocycles. The summed E-state index contributed by atoms with van der Waals surface area (Å²) in [5.41, 5.74) is 4.74. The number of hydrogen-bond donors (Lipinski definition) is 1. The van der Waals surface area contributed by atoms with Crippen molar-refractivity contribution in [1.82, 2.24) is 19.4 Å². The van der Waals surface area contributed by atoms with E-state index in [0.29, 0.717) is 18.5 Å². The topological polar surface area (TPSA) is 83.4 Å². The summed E-state index contributed by atoms with van der Waals surface area (Å²) >= 11 is 0. The molecule has 1 saturated heterocycles. The van der Waals surface area contributed by atoms with Crippen molar-refractivity contribution in [1.29, 1.82) is 0 Å². The Labute approximate surface area is 225 Å². The fraction of sp³-hybridized carbons (Fsp3) is 0.379. The first-order valence-corrected chi connectivity index (χ1v) is 15.0. The molecule has 9 heteroatoms. The summed E-state index contributed by atoms with van der Waals surface area (Å²) in [4.78, 5) is 14.1. The van der Waals surface area contributed by atoms with Gasteiger partial charge in [0, 0.05) is 61.1 Å². The Morgan fingerprint density at radius 2 is 1.76 bits per heavy atom. The largest absolute Gasteiger partial charge is 0.371 e. The van der Waals surface area contributed by atoms with E-state index < -0.39 is 15.1 Å². The second-order valence-electron chi connectivity index (χ2n) is 10.4. The summed E-state index contributed by atoms with van der Waals surface area (Å²) in [7, 11) is 1.12. The van der Waals surface area contributed by atoms with Gasteiger partial charge in [-0.25, -0.2) is 13.4 Å². The molecule has 1 unspecified atom stereocenters. The SMILES string of the molecule is CC(c1ccccc1Cn1ccc2cnc(Nc3ccc(N4CCC(N(C)C)CC4)cc3)nc21)S(C)(=O)=O. The number of rotatable bonds is 8. The molecular weight excluding hydrogens is 496 g/mol. The Balaban J connectivity index is 1.32. The fourth-order valence-electron chi connectivity index (χ4n) is 5.17. The van der Waals surface area contributed by atoms with E-state index in [1.165, 1.54) is 24.8 Å². The second kappa shape index (κ2) is 10.7. The number of hydrogen-bond acceptors (Lipinski definition) is 7. The summed E-state index contributed by atoms with van der Waals surface area (Å²) in [6.07, 6.45) is 7.43. The molecule has 1 fully saturated rings. The van der Waals surface area contributed by atoms with Crippen LogP contribution in [0, 0.1) is 0 Å². The van der Waals surface area contributed by atoms with E-state index >= 15 is 0 Å². The third kappa shape index (κ3) is 5.68. The lowest BCUT2D eigenvalue weighted by atomic mass is 10.0. The number of nitrogens with zero attached hydrogens (tertiary/aromatic N) is 5.